The van der Waals surface area contributed by atoms with Crippen molar-refractivity contribution in [2.75, 3.05) is 18.0 Å². The largest absolute Gasteiger partial charge is 0.371 e. The molecule has 2 aromatic rings. The van der Waals surface area contributed by atoms with Gasteiger partial charge in [0.15, 0.2) is 0 Å². The molecule has 2 nitrogen and oxygen atoms in total. The zero-order chi connectivity index (χ0) is 13.9. The molecule has 0 spiro atoms. The first-order valence-corrected chi connectivity index (χ1v) is 7.71. The topological polar surface area (TPSA) is 8.17 Å². The van der Waals surface area contributed by atoms with Gasteiger partial charge in [0.05, 0.1) is 0 Å². The Morgan fingerprint density at radius 3 is 2.50 bits per heavy atom. The summed E-state index contributed by atoms with van der Waals surface area (Å²) in [6.07, 6.45) is 3.74. The summed E-state index contributed by atoms with van der Waals surface area (Å²) in [5.74, 6) is 0. The van der Waals surface area contributed by atoms with Crippen LogP contribution in [0.1, 0.15) is 29.8 Å². The van der Waals surface area contributed by atoms with Crippen molar-refractivity contribution in [3.63, 3.8) is 0 Å². The van der Waals surface area contributed by atoms with E-state index in [4.69, 9.17) is 0 Å². The molecule has 2 heterocycles. The van der Waals surface area contributed by atoms with Crippen LogP contribution in [0.5, 0.6) is 0 Å². The molecule has 1 aromatic heterocycles. The van der Waals surface area contributed by atoms with Crippen LogP contribution in [0.3, 0.4) is 0 Å². The standard InChI is InChI=1S/C18H24N2/c1-15-10-11-16(2)20(15)14-6-13-19-12-5-8-17-7-3-4-9-18(17)19/h3-4,7,9-11H,5-6,8,12-14H2,1-2H3. The van der Waals surface area contributed by atoms with Gasteiger partial charge in [-0.2, -0.15) is 0 Å². The van der Waals surface area contributed by atoms with Crippen molar-refractivity contribution in [2.45, 2.75) is 39.7 Å². The van der Waals surface area contributed by atoms with E-state index >= 15 is 0 Å². The Bertz CT molecular complexity index is 563. The van der Waals surface area contributed by atoms with E-state index in [-0.39, 0.29) is 0 Å². The first kappa shape index (κ1) is 13.3. The van der Waals surface area contributed by atoms with Crippen molar-refractivity contribution >= 4 is 5.69 Å². The molecule has 0 aliphatic carbocycles. The third-order valence-electron chi connectivity index (χ3n) is 4.43. The molecule has 0 saturated carbocycles. The second kappa shape index (κ2) is 5.74. The van der Waals surface area contributed by atoms with E-state index < -0.39 is 0 Å². The van der Waals surface area contributed by atoms with E-state index in [0.717, 1.165) is 13.1 Å². The molecular weight excluding hydrogens is 244 g/mol. The summed E-state index contributed by atoms with van der Waals surface area (Å²) in [6, 6.07) is 13.3. The molecule has 106 valence electrons. The number of aryl methyl sites for hydroxylation is 3. The monoisotopic (exact) mass is 268 g/mol. The molecule has 3 rings (SSSR count). The summed E-state index contributed by atoms with van der Waals surface area (Å²) in [6.45, 7) is 7.89. The lowest BCUT2D eigenvalue weighted by molar-refractivity contribution is 0.588. The van der Waals surface area contributed by atoms with Gasteiger partial charge in [-0.1, -0.05) is 18.2 Å². The number of hydrogen-bond acceptors (Lipinski definition) is 1. The number of hydrogen-bond donors (Lipinski definition) is 0. The summed E-state index contributed by atoms with van der Waals surface area (Å²) in [5.41, 5.74) is 5.73. The molecule has 1 aliphatic rings. The van der Waals surface area contributed by atoms with E-state index in [1.807, 2.05) is 0 Å². The molecule has 1 aromatic carbocycles. The van der Waals surface area contributed by atoms with Crippen LogP contribution in [0.15, 0.2) is 36.4 Å². The molecule has 0 bridgehead atoms. The Labute approximate surface area is 122 Å². The minimum Gasteiger partial charge on any atom is -0.371 e. The lowest BCUT2D eigenvalue weighted by Crippen LogP contribution is -2.30. The smallest absolute Gasteiger partial charge is 0.0398 e. The lowest BCUT2D eigenvalue weighted by Gasteiger charge is -2.31. The third-order valence-corrected chi connectivity index (χ3v) is 4.43. The fourth-order valence-corrected chi connectivity index (χ4v) is 3.32. The molecule has 0 saturated heterocycles. The van der Waals surface area contributed by atoms with Gasteiger partial charge in [-0.15, -0.1) is 0 Å². The maximum atomic E-state index is 2.56. The average Bonchev–Trinajstić information content (AvgIpc) is 2.79. The molecule has 0 atom stereocenters. The van der Waals surface area contributed by atoms with Gasteiger partial charge in [-0.05, 0) is 56.9 Å². The molecule has 20 heavy (non-hydrogen) atoms. The zero-order valence-electron chi connectivity index (χ0n) is 12.6. The van der Waals surface area contributed by atoms with Gasteiger partial charge >= 0.3 is 0 Å². The summed E-state index contributed by atoms with van der Waals surface area (Å²) < 4.78 is 2.43. The highest BCUT2D eigenvalue weighted by atomic mass is 15.1. The maximum Gasteiger partial charge on any atom is 0.0398 e. The normalized spacial score (nSPS) is 14.4. The minimum atomic E-state index is 1.13. The van der Waals surface area contributed by atoms with Gasteiger partial charge in [0.1, 0.15) is 0 Å². The number of para-hydroxylation sites is 1. The van der Waals surface area contributed by atoms with E-state index in [1.54, 1.807) is 0 Å². The number of aromatic nitrogens is 1. The average molecular weight is 268 g/mol. The van der Waals surface area contributed by atoms with Gasteiger partial charge < -0.3 is 9.47 Å². The number of rotatable bonds is 4. The van der Waals surface area contributed by atoms with Gasteiger partial charge in [0, 0.05) is 36.7 Å². The first-order valence-electron chi connectivity index (χ1n) is 7.71. The number of fused-ring (bicyclic) bond motifs is 1. The highest BCUT2D eigenvalue weighted by molar-refractivity contribution is 5.55. The van der Waals surface area contributed by atoms with Crippen LogP contribution in [-0.4, -0.2) is 17.7 Å². The van der Waals surface area contributed by atoms with Crippen molar-refractivity contribution in [3.8, 4) is 0 Å². The Kier molecular flexibility index (Phi) is 3.81. The van der Waals surface area contributed by atoms with Crippen molar-refractivity contribution in [3.05, 3.63) is 53.3 Å². The van der Waals surface area contributed by atoms with Crippen LogP contribution in [0.25, 0.3) is 0 Å². The van der Waals surface area contributed by atoms with Gasteiger partial charge in [-0.3, -0.25) is 0 Å². The third kappa shape index (κ3) is 2.60. The predicted molar refractivity (Wildman–Crippen MR) is 85.5 cm³/mol. The predicted octanol–water partition coefficient (Wildman–Crippen LogP) is 3.95. The summed E-state index contributed by atoms with van der Waals surface area (Å²) in [5, 5.41) is 0. The number of anilines is 1. The summed E-state index contributed by atoms with van der Waals surface area (Å²) in [7, 11) is 0. The number of nitrogens with zero attached hydrogens (tertiary/aromatic N) is 2. The second-order valence-electron chi connectivity index (χ2n) is 5.84. The highest BCUT2D eigenvalue weighted by Crippen LogP contribution is 2.26. The lowest BCUT2D eigenvalue weighted by atomic mass is 10.0. The van der Waals surface area contributed by atoms with Crippen LogP contribution in [0.2, 0.25) is 0 Å². The molecule has 0 amide bonds. The van der Waals surface area contributed by atoms with E-state index in [2.05, 4.69) is 59.7 Å². The maximum absolute atomic E-state index is 2.56. The molecule has 2 heteroatoms. The van der Waals surface area contributed by atoms with Gasteiger partial charge in [0.25, 0.3) is 0 Å². The fraction of sp³-hybridized carbons (Fsp3) is 0.444. The molecule has 1 aliphatic heterocycles. The Hall–Kier alpha value is -1.70. The fourth-order valence-electron chi connectivity index (χ4n) is 3.32. The molecule has 0 unspecified atom stereocenters. The Morgan fingerprint density at radius 1 is 0.950 bits per heavy atom. The Morgan fingerprint density at radius 2 is 1.70 bits per heavy atom. The van der Waals surface area contributed by atoms with Gasteiger partial charge in [0.2, 0.25) is 0 Å². The van der Waals surface area contributed by atoms with Crippen molar-refractivity contribution in [1.29, 1.82) is 0 Å². The second-order valence-corrected chi connectivity index (χ2v) is 5.84. The van der Waals surface area contributed by atoms with E-state index in [1.165, 1.54) is 48.4 Å². The summed E-state index contributed by atoms with van der Waals surface area (Å²) >= 11 is 0. The molecule has 0 N–H and O–H groups in total. The first-order chi connectivity index (χ1) is 9.75. The number of benzene rings is 1. The van der Waals surface area contributed by atoms with E-state index in [9.17, 15) is 0 Å². The van der Waals surface area contributed by atoms with Crippen LogP contribution < -0.4 is 4.90 Å². The van der Waals surface area contributed by atoms with Crippen LogP contribution in [0.4, 0.5) is 5.69 Å². The molecule has 0 radical (unpaired) electrons. The zero-order valence-corrected chi connectivity index (χ0v) is 12.6. The van der Waals surface area contributed by atoms with E-state index in [0.29, 0.717) is 0 Å². The highest BCUT2D eigenvalue weighted by Gasteiger charge is 2.15. The van der Waals surface area contributed by atoms with Crippen LogP contribution in [-0.2, 0) is 13.0 Å². The quantitative estimate of drug-likeness (QED) is 0.815. The molecule has 0 fully saturated rings. The van der Waals surface area contributed by atoms with Crippen molar-refractivity contribution < 1.29 is 0 Å². The summed E-state index contributed by atoms with van der Waals surface area (Å²) in [4.78, 5) is 2.56. The van der Waals surface area contributed by atoms with Gasteiger partial charge in [-0.25, -0.2) is 0 Å². The Balaban J connectivity index is 1.63. The van der Waals surface area contributed by atoms with Crippen molar-refractivity contribution in [2.24, 2.45) is 0 Å². The van der Waals surface area contributed by atoms with Crippen molar-refractivity contribution in [1.82, 2.24) is 4.57 Å². The minimum absolute atomic E-state index is 1.13. The molecular formula is C18H24N2. The van der Waals surface area contributed by atoms with Crippen LogP contribution in [0, 0.1) is 13.8 Å². The van der Waals surface area contributed by atoms with Crippen LogP contribution >= 0.6 is 0 Å². The SMILES string of the molecule is Cc1ccc(C)n1CCCN1CCCc2ccccc21.